The minimum Gasteiger partial charge on any atom is -0.346 e. The molecule has 2 rings (SSSR count). The molecule has 0 aliphatic carbocycles. The summed E-state index contributed by atoms with van der Waals surface area (Å²) in [5.41, 5.74) is 2.88. The number of hydrogen-bond donors (Lipinski definition) is 1. The van der Waals surface area contributed by atoms with Crippen molar-refractivity contribution in [2.75, 3.05) is 6.54 Å². The Labute approximate surface area is 111 Å². The van der Waals surface area contributed by atoms with Gasteiger partial charge in [-0.2, -0.15) is 0 Å². The summed E-state index contributed by atoms with van der Waals surface area (Å²) in [5.74, 6) is -0.262. The van der Waals surface area contributed by atoms with E-state index in [1.165, 1.54) is 0 Å². The maximum Gasteiger partial charge on any atom is 0.300 e. The molecule has 1 aromatic heterocycles. The van der Waals surface area contributed by atoms with Gasteiger partial charge in [-0.05, 0) is 11.6 Å². The summed E-state index contributed by atoms with van der Waals surface area (Å²) in [7, 11) is 0. The number of carbonyl (C=O) groups is 1. The lowest BCUT2D eigenvalue weighted by atomic mass is 10.1. The second-order valence-electron chi connectivity index (χ2n) is 4.01. The first kappa shape index (κ1) is 12.8. The monoisotopic (exact) mass is 251 g/mol. The van der Waals surface area contributed by atoms with E-state index in [2.05, 4.69) is 15.1 Å². The van der Waals surface area contributed by atoms with Gasteiger partial charge in [-0.1, -0.05) is 36.4 Å². The average Bonchev–Trinajstić information content (AvgIpc) is 2.47. The normalized spacial score (nSPS) is 9.63. The maximum atomic E-state index is 11.2. The maximum absolute atomic E-state index is 11.2. The Balaban J connectivity index is 2.00. The number of carbonyl (C=O) groups excluding carboxylic acids is 1. The van der Waals surface area contributed by atoms with Crippen molar-refractivity contribution in [3.63, 3.8) is 0 Å². The molecule has 0 aliphatic rings. The van der Waals surface area contributed by atoms with E-state index in [0.717, 1.165) is 16.8 Å². The summed E-state index contributed by atoms with van der Waals surface area (Å²) in [6.45, 7) is 6.86. The molecule has 1 amide bonds. The highest BCUT2D eigenvalue weighted by Gasteiger charge is 2.03. The van der Waals surface area contributed by atoms with Crippen molar-refractivity contribution in [1.82, 2.24) is 10.3 Å². The highest BCUT2D eigenvalue weighted by atomic mass is 16.1. The van der Waals surface area contributed by atoms with E-state index in [9.17, 15) is 4.79 Å². The van der Waals surface area contributed by atoms with Crippen LogP contribution in [-0.4, -0.2) is 17.4 Å². The lowest BCUT2D eigenvalue weighted by Gasteiger charge is -2.04. The Hall–Kier alpha value is -2.67. The predicted octanol–water partition coefficient (Wildman–Crippen LogP) is 2.28. The number of pyridine rings is 1. The largest absolute Gasteiger partial charge is 0.346 e. The topological polar surface area (TPSA) is 46.4 Å². The lowest BCUT2D eigenvalue weighted by molar-refractivity contribution is -0.119. The van der Waals surface area contributed by atoms with Gasteiger partial charge in [0.2, 0.25) is 0 Å². The third-order valence-corrected chi connectivity index (χ3v) is 2.61. The van der Waals surface area contributed by atoms with Crippen molar-refractivity contribution in [1.29, 1.82) is 0 Å². The number of rotatable bonds is 4. The SMILES string of the molecule is [C-]#[N+]CC(=O)NCc1ccc(-c2ccccc2)nc1. The van der Waals surface area contributed by atoms with E-state index in [1.54, 1.807) is 6.20 Å². The third-order valence-electron chi connectivity index (χ3n) is 2.61. The van der Waals surface area contributed by atoms with Crippen LogP contribution in [-0.2, 0) is 11.3 Å². The Bertz CT molecular complexity index is 585. The van der Waals surface area contributed by atoms with Crippen LogP contribution in [0.2, 0.25) is 0 Å². The molecule has 0 fully saturated rings. The van der Waals surface area contributed by atoms with Gasteiger partial charge in [0, 0.05) is 18.3 Å². The molecule has 0 spiro atoms. The van der Waals surface area contributed by atoms with Crippen molar-refractivity contribution in [2.45, 2.75) is 6.54 Å². The zero-order valence-corrected chi connectivity index (χ0v) is 10.3. The Morgan fingerprint density at radius 1 is 1.21 bits per heavy atom. The van der Waals surface area contributed by atoms with Crippen molar-refractivity contribution >= 4 is 5.91 Å². The molecule has 1 N–H and O–H groups in total. The van der Waals surface area contributed by atoms with Crippen molar-refractivity contribution < 1.29 is 4.79 Å². The fourth-order valence-electron chi connectivity index (χ4n) is 1.64. The molecule has 1 heterocycles. The van der Waals surface area contributed by atoms with E-state index in [1.807, 2.05) is 42.5 Å². The summed E-state index contributed by atoms with van der Waals surface area (Å²) in [6, 6.07) is 13.7. The van der Waals surface area contributed by atoms with Gasteiger partial charge in [-0.25, -0.2) is 6.57 Å². The number of aromatic nitrogens is 1. The van der Waals surface area contributed by atoms with Gasteiger partial charge in [-0.3, -0.25) is 9.78 Å². The van der Waals surface area contributed by atoms with Crippen molar-refractivity contribution in [3.05, 3.63) is 65.6 Å². The van der Waals surface area contributed by atoms with Gasteiger partial charge in [0.25, 0.3) is 12.5 Å². The van der Waals surface area contributed by atoms with Crippen molar-refractivity contribution in [3.8, 4) is 11.3 Å². The van der Waals surface area contributed by atoms with Crippen molar-refractivity contribution in [2.24, 2.45) is 0 Å². The quantitative estimate of drug-likeness (QED) is 0.847. The molecule has 94 valence electrons. The molecular formula is C15H13N3O. The molecule has 1 aromatic carbocycles. The minimum atomic E-state index is -0.262. The zero-order chi connectivity index (χ0) is 13.5. The zero-order valence-electron chi connectivity index (χ0n) is 10.3. The number of nitrogens with one attached hydrogen (secondary N) is 1. The van der Waals surface area contributed by atoms with Crippen LogP contribution >= 0.6 is 0 Å². The summed E-state index contributed by atoms with van der Waals surface area (Å²) < 4.78 is 0. The number of amides is 1. The first-order valence-corrected chi connectivity index (χ1v) is 5.90. The van der Waals surface area contributed by atoms with Gasteiger partial charge in [0.1, 0.15) is 0 Å². The molecule has 0 radical (unpaired) electrons. The van der Waals surface area contributed by atoms with Gasteiger partial charge in [0.15, 0.2) is 0 Å². The highest BCUT2D eigenvalue weighted by molar-refractivity contribution is 5.79. The van der Waals surface area contributed by atoms with Gasteiger partial charge in [-0.15, -0.1) is 0 Å². The number of nitrogens with zero attached hydrogens (tertiary/aromatic N) is 2. The predicted molar refractivity (Wildman–Crippen MR) is 73.0 cm³/mol. The van der Waals surface area contributed by atoms with Gasteiger partial charge < -0.3 is 10.2 Å². The minimum absolute atomic E-state index is 0.129. The molecule has 0 saturated heterocycles. The van der Waals surface area contributed by atoms with Crippen LogP contribution in [0.5, 0.6) is 0 Å². The van der Waals surface area contributed by atoms with Crippen LogP contribution in [0.15, 0.2) is 48.7 Å². The van der Waals surface area contributed by atoms with Crippen LogP contribution in [0.3, 0.4) is 0 Å². The molecule has 0 unspecified atom stereocenters. The highest BCUT2D eigenvalue weighted by Crippen LogP contribution is 2.15. The summed E-state index contributed by atoms with van der Waals surface area (Å²) >= 11 is 0. The van der Waals surface area contributed by atoms with E-state index in [-0.39, 0.29) is 12.5 Å². The van der Waals surface area contributed by atoms with E-state index in [0.29, 0.717) is 6.54 Å². The summed E-state index contributed by atoms with van der Waals surface area (Å²) in [5, 5.41) is 2.67. The Morgan fingerprint density at radius 3 is 2.63 bits per heavy atom. The number of hydrogen-bond acceptors (Lipinski definition) is 2. The Morgan fingerprint density at radius 2 is 2.00 bits per heavy atom. The third kappa shape index (κ3) is 3.65. The van der Waals surface area contributed by atoms with E-state index >= 15 is 0 Å². The molecule has 0 saturated carbocycles. The number of benzene rings is 1. The average molecular weight is 251 g/mol. The van der Waals surface area contributed by atoms with E-state index < -0.39 is 0 Å². The second-order valence-corrected chi connectivity index (χ2v) is 4.01. The van der Waals surface area contributed by atoms with Crippen LogP contribution in [0.1, 0.15) is 5.56 Å². The van der Waals surface area contributed by atoms with Gasteiger partial charge >= 0.3 is 0 Å². The first-order chi connectivity index (χ1) is 9.29. The molecule has 4 heteroatoms. The summed E-state index contributed by atoms with van der Waals surface area (Å²) in [6.07, 6.45) is 1.74. The van der Waals surface area contributed by atoms with Crippen LogP contribution < -0.4 is 5.32 Å². The molecule has 0 bridgehead atoms. The van der Waals surface area contributed by atoms with Crippen LogP contribution in [0, 0.1) is 6.57 Å². The van der Waals surface area contributed by atoms with Crippen LogP contribution in [0.4, 0.5) is 0 Å². The van der Waals surface area contributed by atoms with E-state index in [4.69, 9.17) is 6.57 Å². The van der Waals surface area contributed by atoms with Gasteiger partial charge in [0.05, 0.1) is 5.69 Å². The van der Waals surface area contributed by atoms with Crippen LogP contribution in [0.25, 0.3) is 16.1 Å². The standard InChI is InChI=1S/C15H13N3O/c1-16-11-15(19)18-10-12-7-8-14(17-9-12)13-5-3-2-4-6-13/h2-9H,10-11H2,(H,18,19). The molecule has 0 aliphatic heterocycles. The Kier molecular flexibility index (Phi) is 4.25. The lowest BCUT2D eigenvalue weighted by Crippen LogP contribution is -2.24. The molecule has 19 heavy (non-hydrogen) atoms. The fraction of sp³-hybridized carbons (Fsp3) is 0.133. The molecule has 2 aromatic rings. The molecular weight excluding hydrogens is 238 g/mol. The molecule has 0 atom stereocenters. The first-order valence-electron chi connectivity index (χ1n) is 5.90. The second kappa shape index (κ2) is 6.31. The fourth-order valence-corrected chi connectivity index (χ4v) is 1.64. The molecule has 4 nitrogen and oxygen atoms in total. The summed E-state index contributed by atoms with van der Waals surface area (Å²) in [4.78, 5) is 18.5. The smallest absolute Gasteiger partial charge is 0.300 e.